The molecule has 0 amide bonds. The third kappa shape index (κ3) is 5.37. The molecule has 0 saturated carbocycles. The van der Waals surface area contributed by atoms with Crippen molar-refractivity contribution in [3.05, 3.63) is 29.8 Å². The van der Waals surface area contributed by atoms with Crippen LogP contribution in [0.1, 0.15) is 5.56 Å². The van der Waals surface area contributed by atoms with E-state index in [2.05, 4.69) is 55.6 Å². The molecule has 0 radical (unpaired) electrons. The lowest BCUT2D eigenvalue weighted by molar-refractivity contribution is 1.46. The highest BCUT2D eigenvalue weighted by molar-refractivity contribution is 7.80. The van der Waals surface area contributed by atoms with Gasteiger partial charge in [-0.3, -0.25) is 0 Å². The van der Waals surface area contributed by atoms with Crippen molar-refractivity contribution in [1.82, 2.24) is 0 Å². The van der Waals surface area contributed by atoms with E-state index in [-0.39, 0.29) is 0 Å². The van der Waals surface area contributed by atoms with E-state index in [1.54, 1.807) is 0 Å². The van der Waals surface area contributed by atoms with Crippen LogP contribution in [0.5, 0.6) is 0 Å². The summed E-state index contributed by atoms with van der Waals surface area (Å²) in [6.07, 6.45) is 0. The molecule has 0 aliphatic carbocycles. The van der Waals surface area contributed by atoms with Crippen molar-refractivity contribution in [3.63, 3.8) is 0 Å². The Morgan fingerprint density at radius 1 is 1.00 bits per heavy atom. The summed E-state index contributed by atoms with van der Waals surface area (Å²) in [5, 5.41) is 0. The molecule has 0 aliphatic rings. The molecule has 76 valence electrons. The van der Waals surface area contributed by atoms with E-state index < -0.39 is 8.07 Å². The third-order valence-electron chi connectivity index (χ3n) is 1.57. The number of hydrogen-bond acceptors (Lipinski definition) is 1. The van der Waals surface area contributed by atoms with Gasteiger partial charge in [0.1, 0.15) is 8.07 Å². The number of rotatable bonds is 0. The topological polar surface area (TPSA) is 0 Å². The van der Waals surface area contributed by atoms with Crippen molar-refractivity contribution < 1.29 is 0 Å². The van der Waals surface area contributed by atoms with Crippen LogP contribution in [-0.4, -0.2) is 8.07 Å². The lowest BCUT2D eigenvalue weighted by Gasteiger charge is -2.01. The maximum atomic E-state index is 4.21. The Labute approximate surface area is 98.5 Å². The third-order valence-corrected chi connectivity index (χ3v) is 2.75. The molecule has 0 heterocycles. The fraction of sp³-hybridized carbons (Fsp3) is 0.231. The highest BCUT2D eigenvalue weighted by atomic mass is 32.1. The average Bonchev–Trinajstić information content (AvgIpc) is 2.14. The van der Waals surface area contributed by atoms with E-state index >= 15 is 0 Å². The van der Waals surface area contributed by atoms with Crippen molar-refractivity contribution in [3.8, 4) is 23.3 Å². The molecule has 0 spiro atoms. The summed E-state index contributed by atoms with van der Waals surface area (Å²) in [5.74, 6) is 8.81. The van der Waals surface area contributed by atoms with Gasteiger partial charge in [-0.2, -0.15) is 0 Å². The van der Waals surface area contributed by atoms with Crippen molar-refractivity contribution in [1.29, 1.82) is 0 Å². The highest BCUT2D eigenvalue weighted by Gasteiger charge is 2.06. The smallest absolute Gasteiger partial charge is 0.130 e. The van der Waals surface area contributed by atoms with Gasteiger partial charge in [-0.05, 0) is 36.1 Å². The molecule has 1 aromatic carbocycles. The Bertz CT molecular complexity index is 444. The highest BCUT2D eigenvalue weighted by Crippen LogP contribution is 2.06. The van der Waals surface area contributed by atoms with Crippen LogP contribution >= 0.6 is 12.6 Å². The molecular formula is C13H14SSi. The maximum Gasteiger partial charge on any atom is 0.130 e. The summed E-state index contributed by atoms with van der Waals surface area (Å²) in [7, 11) is -1.28. The summed E-state index contributed by atoms with van der Waals surface area (Å²) in [4.78, 5) is 0.953. The second kappa shape index (κ2) is 5.12. The van der Waals surface area contributed by atoms with E-state index in [1.807, 2.05) is 24.3 Å². The van der Waals surface area contributed by atoms with Crippen molar-refractivity contribution >= 4 is 20.7 Å². The van der Waals surface area contributed by atoms with Crippen LogP contribution in [0.25, 0.3) is 0 Å². The lowest BCUT2D eigenvalue weighted by atomic mass is 10.2. The minimum Gasteiger partial charge on any atom is -0.143 e. The van der Waals surface area contributed by atoms with Gasteiger partial charge < -0.3 is 0 Å². The minimum absolute atomic E-state index is 0.953. The SMILES string of the molecule is C[Si](C)(C)C#CC#Cc1ccc(S)cc1. The van der Waals surface area contributed by atoms with Gasteiger partial charge in [0.15, 0.2) is 0 Å². The predicted molar refractivity (Wildman–Crippen MR) is 71.7 cm³/mol. The molecule has 0 atom stereocenters. The van der Waals surface area contributed by atoms with Crippen LogP contribution in [0.2, 0.25) is 19.6 Å². The molecule has 0 fully saturated rings. The Morgan fingerprint density at radius 2 is 1.60 bits per heavy atom. The zero-order valence-corrected chi connectivity index (χ0v) is 11.2. The molecule has 0 nitrogen and oxygen atoms in total. The monoisotopic (exact) mass is 230 g/mol. The molecule has 0 aromatic heterocycles. The van der Waals surface area contributed by atoms with Gasteiger partial charge in [0.2, 0.25) is 0 Å². The largest absolute Gasteiger partial charge is 0.143 e. The van der Waals surface area contributed by atoms with Gasteiger partial charge >= 0.3 is 0 Å². The molecule has 1 aromatic rings. The summed E-state index contributed by atoms with van der Waals surface area (Å²) in [5.41, 5.74) is 4.19. The molecule has 0 aliphatic heterocycles. The van der Waals surface area contributed by atoms with Crippen molar-refractivity contribution in [2.24, 2.45) is 0 Å². The molecule has 15 heavy (non-hydrogen) atoms. The fourth-order valence-electron chi connectivity index (χ4n) is 0.867. The van der Waals surface area contributed by atoms with Crippen LogP contribution in [0, 0.1) is 23.3 Å². The fourth-order valence-corrected chi connectivity index (χ4v) is 1.45. The summed E-state index contributed by atoms with van der Waals surface area (Å²) in [6, 6.07) is 7.76. The van der Waals surface area contributed by atoms with Crippen molar-refractivity contribution in [2.45, 2.75) is 24.5 Å². The Morgan fingerprint density at radius 3 is 2.13 bits per heavy atom. The van der Waals surface area contributed by atoms with E-state index in [0.717, 1.165) is 10.5 Å². The molecule has 1 rings (SSSR count). The first kappa shape index (κ1) is 12.0. The molecule has 0 N–H and O–H groups in total. The van der Waals surface area contributed by atoms with Crippen LogP contribution in [0.3, 0.4) is 0 Å². The lowest BCUT2D eigenvalue weighted by Crippen LogP contribution is -2.16. The van der Waals surface area contributed by atoms with E-state index in [1.165, 1.54) is 0 Å². The second-order valence-electron chi connectivity index (χ2n) is 4.30. The Kier molecular flexibility index (Phi) is 4.09. The second-order valence-corrected chi connectivity index (χ2v) is 9.56. The minimum atomic E-state index is -1.28. The molecule has 0 bridgehead atoms. The number of thiol groups is 1. The maximum absolute atomic E-state index is 4.21. The predicted octanol–water partition coefficient (Wildman–Crippen LogP) is 3.21. The van der Waals surface area contributed by atoms with Crippen LogP contribution < -0.4 is 0 Å². The summed E-state index contributed by atoms with van der Waals surface area (Å²) >= 11 is 4.21. The Hall–Kier alpha value is -1.09. The molecule has 0 unspecified atom stereocenters. The average molecular weight is 230 g/mol. The Balaban J connectivity index is 2.74. The quantitative estimate of drug-likeness (QED) is 0.395. The van der Waals surface area contributed by atoms with Gasteiger partial charge in [0, 0.05) is 10.5 Å². The van der Waals surface area contributed by atoms with E-state index in [4.69, 9.17) is 0 Å². The first-order chi connectivity index (χ1) is 6.97. The zero-order chi connectivity index (χ0) is 11.3. The van der Waals surface area contributed by atoms with Crippen LogP contribution in [0.4, 0.5) is 0 Å². The van der Waals surface area contributed by atoms with E-state index in [9.17, 15) is 0 Å². The van der Waals surface area contributed by atoms with Gasteiger partial charge in [-0.25, -0.2) is 0 Å². The van der Waals surface area contributed by atoms with Gasteiger partial charge in [0.25, 0.3) is 0 Å². The summed E-state index contributed by atoms with van der Waals surface area (Å²) in [6.45, 7) is 6.62. The first-order valence-electron chi connectivity index (χ1n) is 4.79. The van der Waals surface area contributed by atoms with Crippen LogP contribution in [0.15, 0.2) is 29.2 Å². The zero-order valence-electron chi connectivity index (χ0n) is 9.26. The van der Waals surface area contributed by atoms with Crippen LogP contribution in [-0.2, 0) is 0 Å². The molecule has 2 heteroatoms. The van der Waals surface area contributed by atoms with E-state index in [0.29, 0.717) is 0 Å². The van der Waals surface area contributed by atoms with Gasteiger partial charge in [0.05, 0.1) is 0 Å². The summed E-state index contributed by atoms with van der Waals surface area (Å²) < 4.78 is 0. The van der Waals surface area contributed by atoms with Gasteiger partial charge in [-0.1, -0.05) is 25.6 Å². The molecule has 0 saturated heterocycles. The molecular weight excluding hydrogens is 216 g/mol. The first-order valence-corrected chi connectivity index (χ1v) is 8.74. The standard InChI is InChI=1S/C13H14SSi/c1-15(2,3)11-5-4-6-12-7-9-13(14)10-8-12/h7-10,14H,1-3H3. The number of benzene rings is 1. The van der Waals surface area contributed by atoms with Crippen molar-refractivity contribution in [2.75, 3.05) is 0 Å². The van der Waals surface area contributed by atoms with Gasteiger partial charge in [-0.15, -0.1) is 18.2 Å². The normalized spacial score (nSPS) is 9.60. The number of hydrogen-bond donors (Lipinski definition) is 1.